The molecule has 0 saturated heterocycles. The van der Waals surface area contributed by atoms with Gasteiger partial charge in [-0.2, -0.15) is 10.2 Å². The number of guanidine groups is 1. The van der Waals surface area contributed by atoms with E-state index >= 15 is 0 Å². The summed E-state index contributed by atoms with van der Waals surface area (Å²) in [4.78, 5) is 8.60. The molecule has 0 saturated carbocycles. The van der Waals surface area contributed by atoms with Gasteiger partial charge in [-0.25, -0.2) is 20.1 Å². The van der Waals surface area contributed by atoms with E-state index < -0.39 is 0 Å². The van der Waals surface area contributed by atoms with Crippen molar-refractivity contribution in [3.05, 3.63) is 17.5 Å². The minimum Gasteiger partial charge on any atom is -0.353 e. The molecule has 3 N–H and O–H groups in total. The monoisotopic (exact) mass is 274 g/mol. The molecule has 0 radical (unpaired) electrons. The molecule has 0 atom stereocenters. The quantitative estimate of drug-likeness (QED) is 0.490. The Kier molecular flexibility index (Phi) is 3.36. The smallest absolute Gasteiger partial charge is 0.219 e. The number of hydrogen-bond acceptors (Lipinski definition) is 7. The molecule has 3 rings (SSSR count). The molecule has 0 spiro atoms. The van der Waals surface area contributed by atoms with Gasteiger partial charge in [-0.15, -0.1) is 0 Å². The second kappa shape index (κ2) is 5.32. The molecule has 1 aromatic heterocycles. The van der Waals surface area contributed by atoms with E-state index in [0.29, 0.717) is 0 Å². The van der Waals surface area contributed by atoms with Crippen LogP contribution in [0.5, 0.6) is 0 Å². The Balaban J connectivity index is 1.77. The van der Waals surface area contributed by atoms with Crippen LogP contribution in [-0.2, 0) is 0 Å². The second-order valence-corrected chi connectivity index (χ2v) is 4.65. The summed E-state index contributed by atoms with van der Waals surface area (Å²) in [5, 5.41) is 15.0. The van der Waals surface area contributed by atoms with Gasteiger partial charge in [-0.05, 0) is 13.8 Å². The largest absolute Gasteiger partial charge is 0.353 e. The molecule has 0 aliphatic carbocycles. The second-order valence-electron chi connectivity index (χ2n) is 4.65. The van der Waals surface area contributed by atoms with Gasteiger partial charge in [0, 0.05) is 18.7 Å². The van der Waals surface area contributed by atoms with Gasteiger partial charge < -0.3 is 10.6 Å². The van der Waals surface area contributed by atoms with E-state index in [1.165, 1.54) is 0 Å². The summed E-state index contributed by atoms with van der Waals surface area (Å²) in [5.41, 5.74) is 5.80. The molecule has 2 aliphatic heterocycles. The van der Waals surface area contributed by atoms with E-state index in [9.17, 15) is 0 Å². The van der Waals surface area contributed by atoms with Gasteiger partial charge in [0.05, 0.1) is 30.7 Å². The molecule has 0 bridgehead atoms. The maximum atomic E-state index is 4.37. The van der Waals surface area contributed by atoms with Crippen LogP contribution < -0.4 is 16.1 Å². The first-order valence-corrected chi connectivity index (χ1v) is 6.68. The van der Waals surface area contributed by atoms with Crippen molar-refractivity contribution in [1.82, 2.24) is 25.8 Å². The van der Waals surface area contributed by atoms with Crippen LogP contribution in [0.4, 0.5) is 0 Å². The van der Waals surface area contributed by atoms with Gasteiger partial charge in [0.15, 0.2) is 0 Å². The lowest BCUT2D eigenvalue weighted by molar-refractivity contribution is 0.850. The van der Waals surface area contributed by atoms with Crippen molar-refractivity contribution in [3.63, 3.8) is 0 Å². The topological polar surface area (TPSA) is 91.0 Å². The van der Waals surface area contributed by atoms with Crippen molar-refractivity contribution in [1.29, 1.82) is 0 Å². The number of hydrazone groups is 1. The molecule has 3 heterocycles. The molecule has 8 heteroatoms. The minimum absolute atomic E-state index is 0.719. The van der Waals surface area contributed by atoms with Gasteiger partial charge in [-0.1, -0.05) is 0 Å². The van der Waals surface area contributed by atoms with Crippen LogP contribution in [0.2, 0.25) is 0 Å². The zero-order valence-electron chi connectivity index (χ0n) is 11.6. The SMILES string of the molecule is C/C(=N/NC1=NCCN1)c1cnn(C2=NCCN2)c1C. The Morgan fingerprint density at radius 2 is 2.10 bits per heavy atom. The first-order chi connectivity index (χ1) is 9.75. The van der Waals surface area contributed by atoms with Crippen LogP contribution in [-0.4, -0.2) is 53.6 Å². The van der Waals surface area contributed by atoms with Crippen molar-refractivity contribution >= 4 is 17.6 Å². The molecule has 8 nitrogen and oxygen atoms in total. The lowest BCUT2D eigenvalue weighted by Crippen LogP contribution is -2.31. The van der Waals surface area contributed by atoms with Crippen LogP contribution >= 0.6 is 0 Å². The van der Waals surface area contributed by atoms with Crippen molar-refractivity contribution < 1.29 is 0 Å². The average molecular weight is 274 g/mol. The summed E-state index contributed by atoms with van der Waals surface area (Å²) >= 11 is 0. The predicted octanol–water partition coefficient (Wildman–Crippen LogP) is -0.728. The summed E-state index contributed by atoms with van der Waals surface area (Å²) in [6, 6.07) is 0. The highest BCUT2D eigenvalue weighted by Crippen LogP contribution is 2.09. The number of nitrogens with one attached hydrogen (secondary N) is 3. The lowest BCUT2D eigenvalue weighted by atomic mass is 10.2. The van der Waals surface area contributed by atoms with Gasteiger partial charge in [0.2, 0.25) is 11.9 Å². The van der Waals surface area contributed by atoms with Gasteiger partial charge >= 0.3 is 0 Å². The summed E-state index contributed by atoms with van der Waals surface area (Å²) < 4.78 is 1.81. The van der Waals surface area contributed by atoms with Crippen molar-refractivity contribution in [2.24, 2.45) is 15.1 Å². The number of rotatable bonds is 2. The zero-order valence-corrected chi connectivity index (χ0v) is 11.6. The Bertz CT molecular complexity index is 595. The fourth-order valence-corrected chi connectivity index (χ4v) is 2.18. The highest BCUT2D eigenvalue weighted by molar-refractivity contribution is 6.01. The Labute approximate surface area is 117 Å². The number of hydrogen-bond donors (Lipinski definition) is 3. The van der Waals surface area contributed by atoms with Crippen LogP contribution in [0.15, 0.2) is 21.3 Å². The van der Waals surface area contributed by atoms with Gasteiger partial charge in [-0.3, -0.25) is 0 Å². The third-order valence-corrected chi connectivity index (χ3v) is 3.26. The molecular weight excluding hydrogens is 256 g/mol. The molecular formula is C12H18N8. The number of aliphatic imine (C=N–C) groups is 2. The van der Waals surface area contributed by atoms with Crippen LogP contribution in [0.1, 0.15) is 18.2 Å². The van der Waals surface area contributed by atoms with E-state index in [1.807, 2.05) is 24.7 Å². The average Bonchev–Trinajstić information content (AvgIpc) is 3.17. The molecule has 20 heavy (non-hydrogen) atoms. The maximum absolute atomic E-state index is 4.37. The highest BCUT2D eigenvalue weighted by atomic mass is 15.4. The minimum atomic E-state index is 0.719. The molecule has 0 unspecified atom stereocenters. The summed E-state index contributed by atoms with van der Waals surface area (Å²) in [6.45, 7) is 7.27. The van der Waals surface area contributed by atoms with Crippen LogP contribution in [0.25, 0.3) is 0 Å². The maximum Gasteiger partial charge on any atom is 0.219 e. The van der Waals surface area contributed by atoms with E-state index in [1.54, 1.807) is 0 Å². The molecule has 1 aromatic rings. The van der Waals surface area contributed by atoms with Gasteiger partial charge in [0.25, 0.3) is 0 Å². The first-order valence-electron chi connectivity index (χ1n) is 6.68. The fraction of sp³-hybridized carbons (Fsp3) is 0.500. The molecule has 0 amide bonds. The Hall–Kier alpha value is -2.38. The van der Waals surface area contributed by atoms with Crippen molar-refractivity contribution in [2.75, 3.05) is 26.2 Å². The predicted molar refractivity (Wildman–Crippen MR) is 78.3 cm³/mol. The number of nitrogens with zero attached hydrogens (tertiary/aromatic N) is 5. The Morgan fingerprint density at radius 3 is 2.80 bits per heavy atom. The normalized spacial score (nSPS) is 18.4. The standard InChI is InChI=1S/C12H18N8/c1-8(18-19-11-13-3-4-14-11)10-7-17-20(9(10)2)12-15-5-6-16-12/h7H,3-6H2,1-2H3,(H,15,16)(H2,13,14,19)/b18-8-. The van der Waals surface area contributed by atoms with Crippen LogP contribution in [0.3, 0.4) is 0 Å². The van der Waals surface area contributed by atoms with Gasteiger partial charge in [0.1, 0.15) is 0 Å². The third kappa shape index (κ3) is 2.36. The summed E-state index contributed by atoms with van der Waals surface area (Å²) in [7, 11) is 0. The third-order valence-electron chi connectivity index (χ3n) is 3.26. The lowest BCUT2D eigenvalue weighted by Gasteiger charge is -2.06. The fourth-order valence-electron chi connectivity index (χ4n) is 2.18. The molecule has 0 aromatic carbocycles. The van der Waals surface area contributed by atoms with E-state index in [0.717, 1.165) is 55.1 Å². The van der Waals surface area contributed by atoms with Crippen LogP contribution in [0, 0.1) is 6.92 Å². The Morgan fingerprint density at radius 1 is 1.30 bits per heavy atom. The molecule has 0 fully saturated rings. The van der Waals surface area contributed by atoms with E-state index in [2.05, 4.69) is 36.2 Å². The summed E-state index contributed by atoms with van der Waals surface area (Å²) in [6.07, 6.45) is 1.81. The summed E-state index contributed by atoms with van der Waals surface area (Å²) in [5.74, 6) is 1.52. The van der Waals surface area contributed by atoms with E-state index in [-0.39, 0.29) is 0 Å². The van der Waals surface area contributed by atoms with Crippen molar-refractivity contribution in [3.8, 4) is 0 Å². The first kappa shape index (κ1) is 12.6. The van der Waals surface area contributed by atoms with E-state index in [4.69, 9.17) is 0 Å². The molecule has 106 valence electrons. The molecule has 2 aliphatic rings. The highest BCUT2D eigenvalue weighted by Gasteiger charge is 2.15. The number of aromatic nitrogens is 2. The van der Waals surface area contributed by atoms with Crippen molar-refractivity contribution in [2.45, 2.75) is 13.8 Å². The zero-order chi connectivity index (χ0) is 13.9.